The number of carbonyl (C=O) groups excluding carboxylic acids is 1. The third-order valence-electron chi connectivity index (χ3n) is 4.99. The monoisotopic (exact) mass is 295 g/mol. The van der Waals surface area contributed by atoms with Crippen LogP contribution in [0, 0.1) is 17.8 Å². The lowest BCUT2D eigenvalue weighted by Crippen LogP contribution is -2.40. The summed E-state index contributed by atoms with van der Waals surface area (Å²) in [4.78, 5) is 12.0. The van der Waals surface area contributed by atoms with E-state index < -0.39 is 0 Å². The number of aromatic nitrogens is 2. The average molecular weight is 296 g/mol. The highest BCUT2D eigenvalue weighted by atomic mass is 35.5. The van der Waals surface area contributed by atoms with Crippen molar-refractivity contribution in [1.29, 1.82) is 0 Å². The van der Waals surface area contributed by atoms with E-state index in [2.05, 4.69) is 17.3 Å². The van der Waals surface area contributed by atoms with Gasteiger partial charge in [0.15, 0.2) is 0 Å². The van der Waals surface area contributed by atoms with Crippen molar-refractivity contribution in [1.82, 2.24) is 15.1 Å². The maximum absolute atomic E-state index is 12.0. The maximum Gasteiger partial charge on any atom is 0.222 e. The summed E-state index contributed by atoms with van der Waals surface area (Å²) in [5.74, 6) is 2.58. The Morgan fingerprint density at radius 3 is 3.00 bits per heavy atom. The van der Waals surface area contributed by atoms with Gasteiger partial charge in [-0.2, -0.15) is 5.10 Å². The van der Waals surface area contributed by atoms with Crippen LogP contribution in [0.3, 0.4) is 0 Å². The van der Waals surface area contributed by atoms with Crippen LogP contribution >= 0.6 is 11.6 Å². The van der Waals surface area contributed by atoms with Gasteiger partial charge in [-0.15, -0.1) is 0 Å². The van der Waals surface area contributed by atoms with Crippen molar-refractivity contribution in [2.45, 2.75) is 51.6 Å². The highest BCUT2D eigenvalue weighted by Gasteiger charge is 2.41. The topological polar surface area (TPSA) is 46.9 Å². The van der Waals surface area contributed by atoms with Crippen LogP contribution in [0.2, 0.25) is 5.02 Å². The molecule has 1 amide bonds. The number of carbonyl (C=O) groups is 1. The molecule has 110 valence electrons. The van der Waals surface area contributed by atoms with E-state index in [0.29, 0.717) is 29.9 Å². The molecule has 0 aromatic carbocycles. The molecule has 1 aromatic heterocycles. The first-order valence-corrected chi connectivity index (χ1v) is 7.97. The Morgan fingerprint density at radius 2 is 2.40 bits per heavy atom. The standard InChI is InChI=1S/C15H22ClN3O/c1-10(14-7-11-2-3-12(14)6-11)18-15(20)4-5-19-9-13(16)8-17-19/h8-12,14H,2-7H2,1H3,(H,18,20)/t10-,11-,12-,14-/m0/s1. The van der Waals surface area contributed by atoms with Crippen LogP contribution in [0.15, 0.2) is 12.4 Å². The molecule has 0 aliphatic heterocycles. The van der Waals surface area contributed by atoms with Crippen LogP contribution in [0.4, 0.5) is 0 Å². The number of nitrogens with zero attached hydrogens (tertiary/aromatic N) is 2. The second-order valence-electron chi connectivity index (χ2n) is 6.37. The van der Waals surface area contributed by atoms with Gasteiger partial charge in [0.25, 0.3) is 0 Å². The summed E-state index contributed by atoms with van der Waals surface area (Å²) in [6.07, 6.45) is 9.26. The fraction of sp³-hybridized carbons (Fsp3) is 0.733. The lowest BCUT2D eigenvalue weighted by Gasteiger charge is -2.28. The summed E-state index contributed by atoms with van der Waals surface area (Å²) in [6.45, 7) is 2.75. The van der Waals surface area contributed by atoms with Crippen LogP contribution in [0.5, 0.6) is 0 Å². The number of halogens is 1. The largest absolute Gasteiger partial charge is 0.353 e. The third-order valence-corrected chi connectivity index (χ3v) is 5.19. The van der Waals surface area contributed by atoms with Crippen LogP contribution in [-0.2, 0) is 11.3 Å². The molecule has 2 aliphatic rings. The highest BCUT2D eigenvalue weighted by molar-refractivity contribution is 6.30. The molecule has 1 N–H and O–H groups in total. The Morgan fingerprint density at radius 1 is 1.55 bits per heavy atom. The smallest absolute Gasteiger partial charge is 0.222 e. The number of fused-ring (bicyclic) bond motifs is 2. The maximum atomic E-state index is 12.0. The van der Waals surface area contributed by atoms with Crippen molar-refractivity contribution in [3.8, 4) is 0 Å². The SMILES string of the molecule is C[C@H](NC(=O)CCn1cc(Cl)cn1)[C@@H]1C[C@H]2CC[C@H]1C2. The average Bonchev–Trinajstić information content (AvgIpc) is 3.12. The van der Waals surface area contributed by atoms with Gasteiger partial charge >= 0.3 is 0 Å². The molecule has 4 atom stereocenters. The molecule has 20 heavy (non-hydrogen) atoms. The van der Waals surface area contributed by atoms with E-state index in [4.69, 9.17) is 11.6 Å². The molecule has 2 bridgehead atoms. The number of hydrogen-bond acceptors (Lipinski definition) is 2. The number of rotatable bonds is 5. The van der Waals surface area contributed by atoms with Gasteiger partial charge in [0.1, 0.15) is 0 Å². The number of nitrogens with one attached hydrogen (secondary N) is 1. The predicted molar refractivity (Wildman–Crippen MR) is 78.4 cm³/mol. The summed E-state index contributed by atoms with van der Waals surface area (Å²) >= 11 is 5.80. The molecule has 2 aliphatic carbocycles. The molecular weight excluding hydrogens is 274 g/mol. The Bertz CT molecular complexity index is 487. The van der Waals surface area contributed by atoms with Gasteiger partial charge in [0.2, 0.25) is 5.91 Å². The molecule has 2 saturated carbocycles. The van der Waals surface area contributed by atoms with E-state index in [1.165, 1.54) is 25.7 Å². The second kappa shape index (κ2) is 5.76. The van der Waals surface area contributed by atoms with Crippen molar-refractivity contribution in [2.24, 2.45) is 17.8 Å². The van der Waals surface area contributed by atoms with Crippen LogP contribution < -0.4 is 5.32 Å². The Labute approximate surface area is 124 Å². The summed E-state index contributed by atoms with van der Waals surface area (Å²) in [5, 5.41) is 7.86. The van der Waals surface area contributed by atoms with Crippen LogP contribution in [0.25, 0.3) is 0 Å². The number of aryl methyl sites for hydroxylation is 1. The lowest BCUT2D eigenvalue weighted by molar-refractivity contribution is -0.122. The molecule has 0 saturated heterocycles. The molecule has 4 nitrogen and oxygen atoms in total. The summed E-state index contributed by atoms with van der Waals surface area (Å²) in [7, 11) is 0. The lowest BCUT2D eigenvalue weighted by atomic mass is 9.84. The van der Waals surface area contributed by atoms with Gasteiger partial charge in [0.05, 0.1) is 11.2 Å². The molecule has 5 heteroatoms. The molecule has 1 aromatic rings. The third kappa shape index (κ3) is 3.00. The van der Waals surface area contributed by atoms with Crippen molar-refractivity contribution < 1.29 is 4.79 Å². The zero-order valence-electron chi connectivity index (χ0n) is 11.9. The van der Waals surface area contributed by atoms with Crippen LogP contribution in [-0.4, -0.2) is 21.7 Å². The van der Waals surface area contributed by atoms with Crippen molar-refractivity contribution >= 4 is 17.5 Å². The number of hydrogen-bond donors (Lipinski definition) is 1. The molecule has 0 unspecified atom stereocenters. The van der Waals surface area contributed by atoms with Gasteiger partial charge in [0, 0.05) is 25.2 Å². The predicted octanol–water partition coefficient (Wildman–Crippen LogP) is 2.87. The Kier molecular flexibility index (Phi) is 4.01. The second-order valence-corrected chi connectivity index (χ2v) is 6.80. The zero-order chi connectivity index (χ0) is 14.1. The van der Waals surface area contributed by atoms with E-state index in [1.807, 2.05) is 0 Å². The van der Waals surface area contributed by atoms with E-state index in [1.54, 1.807) is 17.1 Å². The first kappa shape index (κ1) is 13.9. The number of amides is 1. The Balaban J connectivity index is 1.44. The Hall–Kier alpha value is -1.03. The minimum Gasteiger partial charge on any atom is -0.353 e. The van der Waals surface area contributed by atoms with Crippen molar-refractivity contribution in [2.75, 3.05) is 0 Å². The van der Waals surface area contributed by atoms with Crippen LogP contribution in [0.1, 0.15) is 39.0 Å². The highest BCUT2D eigenvalue weighted by Crippen LogP contribution is 2.49. The van der Waals surface area contributed by atoms with E-state index in [-0.39, 0.29) is 5.91 Å². The fourth-order valence-electron chi connectivity index (χ4n) is 4.02. The molecular formula is C15H22ClN3O. The van der Waals surface area contributed by atoms with Crippen molar-refractivity contribution in [3.05, 3.63) is 17.4 Å². The van der Waals surface area contributed by atoms with Gasteiger partial charge in [-0.3, -0.25) is 9.48 Å². The summed E-state index contributed by atoms with van der Waals surface area (Å²) in [5.41, 5.74) is 0. The molecule has 0 radical (unpaired) electrons. The van der Waals surface area contributed by atoms with Gasteiger partial charge in [-0.1, -0.05) is 18.0 Å². The fourth-order valence-corrected chi connectivity index (χ4v) is 4.17. The first-order chi connectivity index (χ1) is 9.61. The minimum absolute atomic E-state index is 0.117. The first-order valence-electron chi connectivity index (χ1n) is 7.59. The van der Waals surface area contributed by atoms with Gasteiger partial charge in [-0.05, 0) is 43.9 Å². The minimum atomic E-state index is 0.117. The van der Waals surface area contributed by atoms with Gasteiger partial charge < -0.3 is 5.32 Å². The summed E-state index contributed by atoms with van der Waals surface area (Å²) < 4.78 is 1.71. The molecule has 1 heterocycles. The zero-order valence-corrected chi connectivity index (χ0v) is 12.6. The van der Waals surface area contributed by atoms with E-state index >= 15 is 0 Å². The molecule has 3 rings (SSSR count). The van der Waals surface area contributed by atoms with Crippen molar-refractivity contribution in [3.63, 3.8) is 0 Å². The molecule has 2 fully saturated rings. The van der Waals surface area contributed by atoms with E-state index in [0.717, 1.165) is 11.8 Å². The van der Waals surface area contributed by atoms with Gasteiger partial charge in [-0.25, -0.2) is 0 Å². The normalized spacial score (nSPS) is 29.6. The quantitative estimate of drug-likeness (QED) is 0.908. The molecule has 0 spiro atoms. The van der Waals surface area contributed by atoms with E-state index in [9.17, 15) is 4.79 Å². The summed E-state index contributed by atoms with van der Waals surface area (Å²) in [6, 6.07) is 0.305.